The molecule has 0 radical (unpaired) electrons. The number of aryl methyl sites for hydroxylation is 1. The van der Waals surface area contributed by atoms with Crippen LogP contribution in [0.5, 0.6) is 0 Å². The predicted molar refractivity (Wildman–Crippen MR) is 86.4 cm³/mol. The van der Waals surface area contributed by atoms with Crippen LogP contribution in [0.25, 0.3) is 11.3 Å². The van der Waals surface area contributed by atoms with E-state index in [4.69, 9.17) is 27.7 Å². The molecule has 0 spiro atoms. The lowest BCUT2D eigenvalue weighted by Crippen LogP contribution is -2.33. The van der Waals surface area contributed by atoms with Gasteiger partial charge in [0.25, 0.3) is 5.91 Å². The Morgan fingerprint density at radius 1 is 1.27 bits per heavy atom. The summed E-state index contributed by atoms with van der Waals surface area (Å²) in [5, 5.41) is 7.93. The molecule has 1 aliphatic rings. The predicted octanol–water partition coefficient (Wildman–Crippen LogP) is 4.63. The van der Waals surface area contributed by atoms with Gasteiger partial charge < -0.3 is 9.84 Å². The van der Waals surface area contributed by atoms with Crippen LogP contribution in [-0.2, 0) is 0 Å². The van der Waals surface area contributed by atoms with E-state index in [1.54, 1.807) is 25.1 Å². The molecule has 1 heterocycles. The molecule has 1 aliphatic carbocycles. The van der Waals surface area contributed by atoms with Crippen molar-refractivity contribution in [1.29, 1.82) is 0 Å². The highest BCUT2D eigenvalue weighted by Crippen LogP contribution is 2.36. The first kappa shape index (κ1) is 15.4. The van der Waals surface area contributed by atoms with Crippen LogP contribution < -0.4 is 5.32 Å². The van der Waals surface area contributed by atoms with Gasteiger partial charge in [0.15, 0.2) is 0 Å². The summed E-state index contributed by atoms with van der Waals surface area (Å²) in [5.41, 5.74) is 1.32. The van der Waals surface area contributed by atoms with E-state index >= 15 is 0 Å². The number of nitrogens with one attached hydrogen (secondary N) is 1. The first-order valence-corrected chi connectivity index (χ1v) is 8.05. The second kappa shape index (κ2) is 6.31. The summed E-state index contributed by atoms with van der Waals surface area (Å²) in [6.07, 6.45) is 4.32. The number of hydrogen-bond acceptors (Lipinski definition) is 3. The van der Waals surface area contributed by atoms with Crippen molar-refractivity contribution in [3.05, 3.63) is 39.6 Å². The molecule has 3 rings (SSSR count). The highest BCUT2D eigenvalue weighted by Gasteiger charge is 2.27. The molecule has 0 atom stereocenters. The second-order valence-electron chi connectivity index (χ2n) is 5.51. The molecule has 1 aromatic carbocycles. The van der Waals surface area contributed by atoms with Crippen molar-refractivity contribution in [2.45, 2.75) is 38.6 Å². The standard InChI is InChI=1S/C16H16Cl2N2O2/c1-9-13(16(21)19-10-5-2-3-6-10)15(20-22-9)14-11(17)7-4-8-12(14)18/h4,7-8,10H,2-3,5-6H2,1H3,(H,19,21). The van der Waals surface area contributed by atoms with Gasteiger partial charge in [-0.3, -0.25) is 4.79 Å². The molecule has 4 nitrogen and oxygen atoms in total. The summed E-state index contributed by atoms with van der Waals surface area (Å²) in [4.78, 5) is 12.6. The number of nitrogens with zero attached hydrogens (tertiary/aromatic N) is 1. The Hall–Kier alpha value is -1.52. The fourth-order valence-electron chi connectivity index (χ4n) is 2.86. The molecule has 0 saturated heterocycles. The monoisotopic (exact) mass is 338 g/mol. The number of hydrogen-bond donors (Lipinski definition) is 1. The number of amides is 1. The SMILES string of the molecule is Cc1onc(-c2c(Cl)cccc2Cl)c1C(=O)NC1CCCC1. The zero-order valence-electron chi connectivity index (χ0n) is 12.2. The van der Waals surface area contributed by atoms with E-state index in [9.17, 15) is 4.79 Å². The van der Waals surface area contributed by atoms with Gasteiger partial charge in [-0.25, -0.2) is 0 Å². The van der Waals surface area contributed by atoms with Gasteiger partial charge in [0.05, 0.1) is 10.0 Å². The molecule has 6 heteroatoms. The zero-order valence-corrected chi connectivity index (χ0v) is 13.7. The second-order valence-corrected chi connectivity index (χ2v) is 6.33. The number of aromatic nitrogens is 1. The Balaban J connectivity index is 1.98. The van der Waals surface area contributed by atoms with Crippen LogP contribution >= 0.6 is 23.2 Å². The molecular formula is C16H16Cl2N2O2. The van der Waals surface area contributed by atoms with E-state index < -0.39 is 0 Å². The largest absolute Gasteiger partial charge is 0.360 e. The fourth-order valence-corrected chi connectivity index (χ4v) is 3.44. The first-order valence-electron chi connectivity index (χ1n) is 7.29. The van der Waals surface area contributed by atoms with Crippen LogP contribution in [0.4, 0.5) is 0 Å². The third-order valence-corrected chi connectivity index (χ3v) is 4.61. The molecule has 1 amide bonds. The lowest BCUT2D eigenvalue weighted by Gasteiger charge is -2.12. The van der Waals surface area contributed by atoms with Crippen molar-refractivity contribution in [1.82, 2.24) is 10.5 Å². The van der Waals surface area contributed by atoms with E-state index in [0.717, 1.165) is 25.7 Å². The van der Waals surface area contributed by atoms with Crippen LogP contribution in [0, 0.1) is 6.92 Å². The third kappa shape index (κ3) is 2.85. The maximum Gasteiger partial charge on any atom is 0.257 e. The van der Waals surface area contributed by atoms with Crippen LogP contribution in [0.3, 0.4) is 0 Å². The molecule has 116 valence electrons. The Kier molecular flexibility index (Phi) is 4.41. The van der Waals surface area contributed by atoms with Crippen molar-refractivity contribution in [3.63, 3.8) is 0 Å². The van der Waals surface area contributed by atoms with Crippen molar-refractivity contribution in [3.8, 4) is 11.3 Å². The van der Waals surface area contributed by atoms with Gasteiger partial charge in [-0.2, -0.15) is 0 Å². The van der Waals surface area contributed by atoms with Gasteiger partial charge in [0.2, 0.25) is 0 Å². The van der Waals surface area contributed by atoms with Crippen molar-refractivity contribution in [2.75, 3.05) is 0 Å². The van der Waals surface area contributed by atoms with Crippen LogP contribution in [-0.4, -0.2) is 17.1 Å². The highest BCUT2D eigenvalue weighted by atomic mass is 35.5. The Labute approximate surface area is 138 Å². The van der Waals surface area contributed by atoms with E-state index in [1.165, 1.54) is 0 Å². The first-order chi connectivity index (χ1) is 10.6. The van der Waals surface area contributed by atoms with Gasteiger partial charge in [0, 0.05) is 11.6 Å². The maximum absolute atomic E-state index is 12.6. The average molecular weight is 339 g/mol. The van der Waals surface area contributed by atoms with Gasteiger partial charge in [0.1, 0.15) is 17.0 Å². The van der Waals surface area contributed by atoms with Gasteiger partial charge >= 0.3 is 0 Å². The van der Waals surface area contributed by atoms with Gasteiger partial charge in [-0.15, -0.1) is 0 Å². The van der Waals surface area contributed by atoms with Crippen LogP contribution in [0.1, 0.15) is 41.8 Å². The lowest BCUT2D eigenvalue weighted by molar-refractivity contribution is 0.0937. The Bertz CT molecular complexity index is 686. The van der Waals surface area contributed by atoms with Crippen LogP contribution in [0.15, 0.2) is 22.7 Å². The molecular weight excluding hydrogens is 323 g/mol. The Morgan fingerprint density at radius 2 is 1.91 bits per heavy atom. The fraction of sp³-hybridized carbons (Fsp3) is 0.375. The van der Waals surface area contributed by atoms with Crippen molar-refractivity contribution in [2.24, 2.45) is 0 Å². The minimum atomic E-state index is -0.184. The maximum atomic E-state index is 12.6. The average Bonchev–Trinajstić information content (AvgIpc) is 3.09. The molecule has 1 N–H and O–H groups in total. The molecule has 1 aromatic heterocycles. The minimum absolute atomic E-state index is 0.184. The summed E-state index contributed by atoms with van der Waals surface area (Å²) in [5.74, 6) is 0.276. The quantitative estimate of drug-likeness (QED) is 0.887. The summed E-state index contributed by atoms with van der Waals surface area (Å²) >= 11 is 12.4. The molecule has 0 bridgehead atoms. The number of halogens is 2. The summed E-state index contributed by atoms with van der Waals surface area (Å²) < 4.78 is 5.22. The minimum Gasteiger partial charge on any atom is -0.360 e. The molecule has 22 heavy (non-hydrogen) atoms. The number of carbonyl (C=O) groups is 1. The number of benzene rings is 1. The van der Waals surface area contributed by atoms with Crippen molar-refractivity contribution < 1.29 is 9.32 Å². The molecule has 0 unspecified atom stereocenters. The normalized spacial score (nSPS) is 15.2. The summed E-state index contributed by atoms with van der Waals surface area (Å²) in [7, 11) is 0. The Morgan fingerprint density at radius 3 is 2.55 bits per heavy atom. The number of rotatable bonds is 3. The van der Waals surface area contributed by atoms with Crippen molar-refractivity contribution >= 4 is 29.1 Å². The highest BCUT2D eigenvalue weighted by molar-refractivity contribution is 6.39. The topological polar surface area (TPSA) is 55.1 Å². The summed E-state index contributed by atoms with van der Waals surface area (Å²) in [6.45, 7) is 1.71. The van der Waals surface area contributed by atoms with E-state index in [2.05, 4.69) is 10.5 Å². The molecule has 1 saturated carbocycles. The van der Waals surface area contributed by atoms with Gasteiger partial charge in [-0.1, -0.05) is 47.3 Å². The summed E-state index contributed by atoms with van der Waals surface area (Å²) in [6, 6.07) is 5.40. The lowest BCUT2D eigenvalue weighted by atomic mass is 10.0. The number of carbonyl (C=O) groups excluding carboxylic acids is 1. The molecule has 2 aromatic rings. The smallest absolute Gasteiger partial charge is 0.257 e. The molecule has 0 aliphatic heterocycles. The van der Waals surface area contributed by atoms with E-state index in [-0.39, 0.29) is 11.9 Å². The van der Waals surface area contributed by atoms with Gasteiger partial charge in [-0.05, 0) is 31.9 Å². The zero-order chi connectivity index (χ0) is 15.7. The molecule has 1 fully saturated rings. The third-order valence-electron chi connectivity index (χ3n) is 3.98. The van der Waals surface area contributed by atoms with E-state index in [0.29, 0.717) is 32.6 Å². The van der Waals surface area contributed by atoms with Crippen LogP contribution in [0.2, 0.25) is 10.0 Å². The van der Waals surface area contributed by atoms with E-state index in [1.807, 2.05) is 0 Å².